The van der Waals surface area contributed by atoms with Gasteiger partial charge in [0, 0.05) is 29.9 Å². The number of hydrogen-bond acceptors (Lipinski definition) is 5. The Hall–Kier alpha value is -3.31. The highest BCUT2D eigenvalue weighted by Crippen LogP contribution is 2.30. The Balaban J connectivity index is 1.36. The molecule has 13 heteroatoms. The van der Waals surface area contributed by atoms with E-state index >= 15 is 0 Å². The zero-order valence-corrected chi connectivity index (χ0v) is 20.1. The van der Waals surface area contributed by atoms with Crippen LogP contribution in [0.2, 0.25) is 10.0 Å². The Morgan fingerprint density at radius 1 is 1.08 bits per heavy atom. The lowest BCUT2D eigenvalue weighted by molar-refractivity contribution is -0.159. The molecule has 2 aromatic carbocycles. The van der Waals surface area contributed by atoms with Gasteiger partial charge in [-0.1, -0.05) is 28.4 Å². The smallest absolute Gasteiger partial charge is 0.350 e. The third-order valence-electron chi connectivity index (χ3n) is 5.63. The van der Waals surface area contributed by atoms with E-state index in [2.05, 4.69) is 25.3 Å². The molecule has 3 amide bonds. The molecule has 0 bridgehead atoms. The minimum Gasteiger partial charge on any atom is -0.350 e. The molecular weight excluding hydrogens is 522 g/mol. The van der Waals surface area contributed by atoms with Crippen molar-refractivity contribution in [2.45, 2.75) is 31.5 Å². The van der Waals surface area contributed by atoms with E-state index in [0.29, 0.717) is 34.8 Å². The van der Waals surface area contributed by atoms with Gasteiger partial charge in [0.05, 0.1) is 16.1 Å². The minimum absolute atomic E-state index is 0.214. The van der Waals surface area contributed by atoms with E-state index in [0.717, 1.165) is 12.8 Å². The van der Waals surface area contributed by atoms with Crippen LogP contribution in [0.5, 0.6) is 0 Å². The predicted molar refractivity (Wildman–Crippen MR) is 127 cm³/mol. The molecule has 4 rings (SSSR count). The molecule has 1 fully saturated rings. The SMILES string of the molecule is O=C(NCC1CCCCN1C(=O)Nc1ccc(-c2noc(C(F)(F)F)n2)cc1)c1ccc(Cl)c(Cl)c1. The Kier molecular flexibility index (Phi) is 7.70. The van der Waals surface area contributed by atoms with Crippen LogP contribution in [0.15, 0.2) is 47.0 Å². The Bertz CT molecular complexity index is 1250. The van der Waals surface area contributed by atoms with Crippen LogP contribution in [-0.2, 0) is 6.18 Å². The Morgan fingerprint density at radius 3 is 2.50 bits per heavy atom. The maximum Gasteiger partial charge on any atom is 0.471 e. The van der Waals surface area contributed by atoms with E-state index in [9.17, 15) is 22.8 Å². The quantitative estimate of drug-likeness (QED) is 0.420. The van der Waals surface area contributed by atoms with Gasteiger partial charge in [-0.2, -0.15) is 18.2 Å². The van der Waals surface area contributed by atoms with E-state index in [1.165, 1.54) is 30.3 Å². The highest BCUT2D eigenvalue weighted by molar-refractivity contribution is 6.42. The van der Waals surface area contributed by atoms with E-state index in [4.69, 9.17) is 23.2 Å². The summed E-state index contributed by atoms with van der Waals surface area (Å²) in [5, 5.41) is 9.58. The minimum atomic E-state index is -4.73. The molecule has 8 nitrogen and oxygen atoms in total. The average molecular weight is 542 g/mol. The molecule has 2 N–H and O–H groups in total. The zero-order chi connectivity index (χ0) is 25.9. The first-order valence-electron chi connectivity index (χ1n) is 10.9. The fraction of sp³-hybridized carbons (Fsp3) is 0.304. The van der Waals surface area contributed by atoms with Gasteiger partial charge in [0.25, 0.3) is 5.91 Å². The lowest BCUT2D eigenvalue weighted by Crippen LogP contribution is -2.50. The number of piperidine rings is 1. The van der Waals surface area contributed by atoms with Crippen molar-refractivity contribution < 1.29 is 27.3 Å². The summed E-state index contributed by atoms with van der Waals surface area (Å²) in [4.78, 5) is 30.5. The number of urea groups is 1. The standard InChI is InChI=1S/C23H20Cl2F3N5O3/c24-17-9-6-14(11-18(17)25)20(34)29-12-16-3-1-2-10-33(16)22(35)30-15-7-4-13(5-8-15)19-31-21(36-32-19)23(26,27)28/h4-9,11,16H,1-3,10,12H2,(H,29,34)(H,30,35). The Morgan fingerprint density at radius 2 is 1.83 bits per heavy atom. The van der Waals surface area contributed by atoms with Gasteiger partial charge in [-0.3, -0.25) is 4.79 Å². The van der Waals surface area contributed by atoms with Gasteiger partial charge in [-0.15, -0.1) is 0 Å². The largest absolute Gasteiger partial charge is 0.471 e. The van der Waals surface area contributed by atoms with Crippen LogP contribution in [-0.4, -0.2) is 46.1 Å². The van der Waals surface area contributed by atoms with Crippen LogP contribution in [0.25, 0.3) is 11.4 Å². The van der Waals surface area contributed by atoms with Gasteiger partial charge in [-0.05, 0) is 61.7 Å². The first-order valence-corrected chi connectivity index (χ1v) is 11.7. The molecule has 190 valence electrons. The first kappa shape index (κ1) is 25.8. The monoisotopic (exact) mass is 541 g/mol. The number of carbonyl (C=O) groups is 2. The normalized spacial score (nSPS) is 16.0. The highest BCUT2D eigenvalue weighted by Gasteiger charge is 2.38. The summed E-state index contributed by atoms with van der Waals surface area (Å²) in [5.74, 6) is -1.98. The summed E-state index contributed by atoms with van der Waals surface area (Å²) in [5.41, 5.74) is 1.10. The predicted octanol–water partition coefficient (Wildman–Crippen LogP) is 5.88. The van der Waals surface area contributed by atoms with E-state index in [-0.39, 0.29) is 35.4 Å². The van der Waals surface area contributed by atoms with Gasteiger partial charge in [-0.25, -0.2) is 4.79 Å². The van der Waals surface area contributed by atoms with Crippen LogP contribution in [0.1, 0.15) is 35.5 Å². The molecule has 1 aliphatic rings. The number of aromatic nitrogens is 2. The number of alkyl halides is 3. The molecule has 0 spiro atoms. The third kappa shape index (κ3) is 6.08. The van der Waals surface area contributed by atoms with E-state index in [1.807, 2.05) is 0 Å². The summed E-state index contributed by atoms with van der Waals surface area (Å²) >= 11 is 11.9. The molecule has 3 aromatic rings. The molecule has 0 radical (unpaired) electrons. The summed E-state index contributed by atoms with van der Waals surface area (Å²) in [6.45, 7) is 0.769. The molecule has 36 heavy (non-hydrogen) atoms. The summed E-state index contributed by atoms with van der Waals surface area (Å²) < 4.78 is 42.2. The van der Waals surface area contributed by atoms with Crippen LogP contribution >= 0.6 is 23.2 Å². The number of carbonyl (C=O) groups excluding carboxylic acids is 2. The molecule has 1 saturated heterocycles. The summed E-state index contributed by atoms with van der Waals surface area (Å²) in [7, 11) is 0. The first-order chi connectivity index (χ1) is 17.1. The van der Waals surface area contributed by atoms with Crippen molar-refractivity contribution in [2.75, 3.05) is 18.4 Å². The maximum absolute atomic E-state index is 12.9. The molecule has 1 aliphatic heterocycles. The van der Waals surface area contributed by atoms with Crippen LogP contribution in [0, 0.1) is 0 Å². The van der Waals surface area contributed by atoms with Gasteiger partial charge in [0.1, 0.15) is 0 Å². The van der Waals surface area contributed by atoms with Crippen LogP contribution in [0.4, 0.5) is 23.7 Å². The number of nitrogens with one attached hydrogen (secondary N) is 2. The number of rotatable bonds is 5. The number of anilines is 1. The van der Waals surface area contributed by atoms with Crippen molar-refractivity contribution in [1.29, 1.82) is 0 Å². The molecule has 0 aliphatic carbocycles. The second kappa shape index (κ2) is 10.8. The number of halogens is 5. The fourth-order valence-corrected chi connectivity index (χ4v) is 4.08. The highest BCUT2D eigenvalue weighted by atomic mass is 35.5. The fourth-order valence-electron chi connectivity index (χ4n) is 3.78. The van der Waals surface area contributed by atoms with Gasteiger partial charge < -0.3 is 20.1 Å². The topological polar surface area (TPSA) is 100 Å². The van der Waals surface area contributed by atoms with E-state index in [1.54, 1.807) is 17.0 Å². The van der Waals surface area contributed by atoms with Crippen LogP contribution < -0.4 is 10.6 Å². The zero-order valence-electron chi connectivity index (χ0n) is 18.6. The van der Waals surface area contributed by atoms with E-state index < -0.39 is 12.1 Å². The maximum atomic E-state index is 12.9. The molecule has 2 heterocycles. The second-order valence-corrected chi connectivity index (χ2v) is 8.92. The summed E-state index contributed by atoms with van der Waals surface area (Å²) in [6.07, 6.45) is -2.28. The van der Waals surface area contributed by atoms with Crippen molar-refractivity contribution in [3.8, 4) is 11.4 Å². The number of nitrogens with zero attached hydrogens (tertiary/aromatic N) is 3. The lowest BCUT2D eigenvalue weighted by Gasteiger charge is -2.35. The number of hydrogen-bond donors (Lipinski definition) is 2. The molecule has 1 aromatic heterocycles. The van der Waals surface area contributed by atoms with Crippen molar-refractivity contribution in [2.24, 2.45) is 0 Å². The van der Waals surface area contributed by atoms with Gasteiger partial charge in [0.2, 0.25) is 5.82 Å². The van der Waals surface area contributed by atoms with Gasteiger partial charge >= 0.3 is 18.1 Å². The Labute approximate surface area is 213 Å². The van der Waals surface area contributed by atoms with Crippen LogP contribution in [0.3, 0.4) is 0 Å². The molecule has 1 atom stereocenters. The van der Waals surface area contributed by atoms with Crippen molar-refractivity contribution in [3.63, 3.8) is 0 Å². The van der Waals surface area contributed by atoms with Crippen molar-refractivity contribution >= 4 is 40.8 Å². The lowest BCUT2D eigenvalue weighted by atomic mass is 10.0. The summed E-state index contributed by atoms with van der Waals surface area (Å²) in [6, 6.07) is 10.0. The molecular formula is C23H20Cl2F3N5O3. The second-order valence-electron chi connectivity index (χ2n) is 8.11. The number of amides is 3. The van der Waals surface area contributed by atoms with Crippen molar-refractivity contribution in [3.05, 3.63) is 64.0 Å². The average Bonchev–Trinajstić information content (AvgIpc) is 3.36. The van der Waals surface area contributed by atoms with Gasteiger partial charge in [0.15, 0.2) is 0 Å². The number of benzene rings is 2. The molecule has 0 saturated carbocycles. The molecule has 1 unspecified atom stereocenters. The number of likely N-dealkylation sites (tertiary alicyclic amines) is 1. The third-order valence-corrected chi connectivity index (χ3v) is 6.37. The van der Waals surface area contributed by atoms with Crippen molar-refractivity contribution in [1.82, 2.24) is 20.4 Å².